The van der Waals surface area contributed by atoms with E-state index < -0.39 is 17.6 Å². The summed E-state index contributed by atoms with van der Waals surface area (Å²) in [6.07, 6.45) is 0. The van der Waals surface area contributed by atoms with Crippen LogP contribution in [0.1, 0.15) is 11.1 Å². The smallest absolute Gasteiger partial charge is 0.321 e. The van der Waals surface area contributed by atoms with Crippen LogP contribution in [-0.2, 0) is 15.1 Å². The molecule has 16 heavy (non-hydrogen) atoms. The van der Waals surface area contributed by atoms with Gasteiger partial charge in [0.1, 0.15) is 0 Å². The van der Waals surface area contributed by atoms with Crippen LogP contribution < -0.4 is 0 Å². The summed E-state index contributed by atoms with van der Waals surface area (Å²) in [5, 5.41) is 0. The molecular weight excluding hydrogens is 232 g/mol. The molecule has 0 heterocycles. The van der Waals surface area contributed by atoms with Gasteiger partial charge in [0, 0.05) is 0 Å². The second-order valence-corrected chi connectivity index (χ2v) is 10.4. The normalized spacial score (nSPS) is 12.1. The fourth-order valence-corrected chi connectivity index (χ4v) is 6.15. The summed E-state index contributed by atoms with van der Waals surface area (Å²) in [4.78, 5) is 0. The van der Waals surface area contributed by atoms with Crippen molar-refractivity contribution >= 4 is 17.6 Å². The Hall–Kier alpha value is -0.426. The molecule has 0 saturated carbocycles. The first-order chi connectivity index (χ1) is 7.39. The van der Waals surface area contributed by atoms with E-state index in [0.717, 1.165) is 0 Å². The molecule has 0 N–H and O–H groups in total. The summed E-state index contributed by atoms with van der Waals surface area (Å²) in [6.45, 7) is 11.3. The van der Waals surface area contributed by atoms with Gasteiger partial charge in [-0.25, -0.2) is 0 Å². The van der Waals surface area contributed by atoms with E-state index in [0.29, 0.717) is 6.61 Å². The topological polar surface area (TPSA) is 18.5 Å². The lowest BCUT2D eigenvalue weighted by Crippen LogP contribution is -2.38. The molecule has 0 aliphatic carbocycles. The van der Waals surface area contributed by atoms with E-state index in [9.17, 15) is 0 Å². The van der Waals surface area contributed by atoms with Crippen molar-refractivity contribution in [3.63, 3.8) is 0 Å². The number of aryl methyl sites for hydroxylation is 1. The fraction of sp³-hybridized carbons (Fsp3) is 0.500. The summed E-state index contributed by atoms with van der Waals surface area (Å²) < 4.78 is 11.8. The van der Waals surface area contributed by atoms with Crippen molar-refractivity contribution in [1.29, 1.82) is 0 Å². The second kappa shape index (κ2) is 5.77. The van der Waals surface area contributed by atoms with Crippen molar-refractivity contribution in [3.05, 3.63) is 35.4 Å². The Morgan fingerprint density at radius 2 is 1.69 bits per heavy atom. The summed E-state index contributed by atoms with van der Waals surface area (Å²) in [7, 11) is -2.58. The third-order valence-electron chi connectivity index (χ3n) is 2.16. The van der Waals surface area contributed by atoms with Gasteiger partial charge in [0.15, 0.2) is 9.04 Å². The predicted octanol–water partition coefficient (Wildman–Crippen LogP) is 3.48. The van der Waals surface area contributed by atoms with Gasteiger partial charge in [0.2, 0.25) is 0 Å². The molecule has 1 aromatic rings. The van der Waals surface area contributed by atoms with Gasteiger partial charge < -0.3 is 8.54 Å². The van der Waals surface area contributed by atoms with Gasteiger partial charge in [-0.1, -0.05) is 29.8 Å². The zero-order valence-corrected chi connectivity index (χ0v) is 12.8. The van der Waals surface area contributed by atoms with Crippen LogP contribution in [0.15, 0.2) is 24.3 Å². The first-order valence-corrected chi connectivity index (χ1v) is 10.8. The minimum atomic E-state index is -1.92. The van der Waals surface area contributed by atoms with Crippen molar-refractivity contribution < 1.29 is 8.54 Å². The molecular formula is C12H21O2Si2. The van der Waals surface area contributed by atoms with Gasteiger partial charge >= 0.3 is 8.56 Å². The average Bonchev–Trinajstić information content (AvgIpc) is 2.15. The minimum absolute atomic E-state index is 0.661. The summed E-state index contributed by atoms with van der Waals surface area (Å²) >= 11 is 0. The second-order valence-electron chi connectivity index (χ2n) is 4.68. The molecule has 0 atom stereocenters. The Morgan fingerprint density at radius 3 is 2.19 bits per heavy atom. The predicted molar refractivity (Wildman–Crippen MR) is 72.0 cm³/mol. The number of hydrogen-bond acceptors (Lipinski definition) is 2. The largest absolute Gasteiger partial charge is 0.436 e. The van der Waals surface area contributed by atoms with E-state index in [1.54, 1.807) is 0 Å². The molecule has 1 rings (SSSR count). The lowest BCUT2D eigenvalue weighted by molar-refractivity contribution is 0.238. The molecule has 1 aromatic carbocycles. The van der Waals surface area contributed by atoms with Gasteiger partial charge in [-0.2, -0.15) is 0 Å². The molecule has 0 spiro atoms. The van der Waals surface area contributed by atoms with Crippen molar-refractivity contribution in [2.75, 3.05) is 0 Å². The Bertz CT molecular complexity index is 320. The summed E-state index contributed by atoms with van der Waals surface area (Å²) in [5.41, 5.74) is 2.50. The maximum Gasteiger partial charge on any atom is 0.321 e. The van der Waals surface area contributed by atoms with Crippen LogP contribution >= 0.6 is 0 Å². The Balaban J connectivity index is 2.47. The number of rotatable bonds is 5. The third kappa shape index (κ3) is 5.07. The molecule has 0 aliphatic rings. The zero-order valence-electron chi connectivity index (χ0n) is 10.8. The standard InChI is InChI=1S/C12H21O2Si2/c1-11-6-8-12(9-7-11)10-13-16(4,5)14-15(2)3/h6-9H,10H2,1-5H3. The molecule has 0 bridgehead atoms. The Labute approximate surface area is 102 Å². The highest BCUT2D eigenvalue weighted by atomic mass is 28.4. The first-order valence-electron chi connectivity index (χ1n) is 5.58. The molecule has 1 radical (unpaired) electrons. The maximum absolute atomic E-state index is 5.91. The van der Waals surface area contributed by atoms with Gasteiger partial charge in [-0.3, -0.25) is 0 Å². The molecule has 2 nitrogen and oxygen atoms in total. The van der Waals surface area contributed by atoms with Crippen LogP contribution in [0.4, 0.5) is 0 Å². The van der Waals surface area contributed by atoms with E-state index in [-0.39, 0.29) is 0 Å². The molecule has 4 heteroatoms. The average molecular weight is 253 g/mol. The van der Waals surface area contributed by atoms with Crippen molar-refractivity contribution in [2.45, 2.75) is 39.7 Å². The maximum atomic E-state index is 5.91. The van der Waals surface area contributed by atoms with E-state index in [1.807, 2.05) is 0 Å². The monoisotopic (exact) mass is 253 g/mol. The Kier molecular flexibility index (Phi) is 4.92. The van der Waals surface area contributed by atoms with Gasteiger partial charge in [-0.05, 0) is 38.7 Å². The highest BCUT2D eigenvalue weighted by Crippen LogP contribution is 2.12. The fourth-order valence-electron chi connectivity index (χ4n) is 1.46. The molecule has 0 aliphatic heterocycles. The third-order valence-corrected chi connectivity index (χ3v) is 6.60. The highest BCUT2D eigenvalue weighted by molar-refractivity contribution is 6.72. The van der Waals surface area contributed by atoms with Gasteiger partial charge in [0.25, 0.3) is 0 Å². The van der Waals surface area contributed by atoms with Gasteiger partial charge in [0.05, 0.1) is 6.61 Å². The highest BCUT2D eigenvalue weighted by Gasteiger charge is 2.25. The molecule has 89 valence electrons. The van der Waals surface area contributed by atoms with Crippen LogP contribution in [0.25, 0.3) is 0 Å². The van der Waals surface area contributed by atoms with Crippen LogP contribution in [-0.4, -0.2) is 17.6 Å². The lowest BCUT2D eigenvalue weighted by atomic mass is 10.2. The zero-order chi connectivity index (χ0) is 12.2. The van der Waals surface area contributed by atoms with Crippen molar-refractivity contribution in [2.24, 2.45) is 0 Å². The van der Waals surface area contributed by atoms with E-state index >= 15 is 0 Å². The molecule has 0 saturated heterocycles. The van der Waals surface area contributed by atoms with Crippen molar-refractivity contribution in [1.82, 2.24) is 0 Å². The van der Waals surface area contributed by atoms with Crippen LogP contribution in [0.3, 0.4) is 0 Å². The van der Waals surface area contributed by atoms with Crippen LogP contribution in [0.2, 0.25) is 26.2 Å². The first kappa shape index (κ1) is 13.6. The van der Waals surface area contributed by atoms with E-state index in [1.165, 1.54) is 11.1 Å². The Morgan fingerprint density at radius 1 is 1.12 bits per heavy atom. The molecule has 0 fully saturated rings. The van der Waals surface area contributed by atoms with Gasteiger partial charge in [-0.15, -0.1) is 0 Å². The lowest BCUT2D eigenvalue weighted by Gasteiger charge is -2.25. The molecule has 0 aromatic heterocycles. The SMILES string of the molecule is Cc1ccc(CO[Si](C)(C)O[Si](C)C)cc1. The van der Waals surface area contributed by atoms with E-state index in [2.05, 4.69) is 57.4 Å². The molecule has 0 unspecified atom stereocenters. The van der Waals surface area contributed by atoms with E-state index in [4.69, 9.17) is 8.54 Å². The minimum Gasteiger partial charge on any atom is -0.436 e. The quantitative estimate of drug-likeness (QED) is 0.748. The summed E-state index contributed by atoms with van der Waals surface area (Å²) in [5.74, 6) is 0. The summed E-state index contributed by atoms with van der Waals surface area (Å²) in [6, 6.07) is 8.46. The van der Waals surface area contributed by atoms with Crippen LogP contribution in [0, 0.1) is 6.92 Å². The van der Waals surface area contributed by atoms with Crippen LogP contribution in [0.5, 0.6) is 0 Å². The van der Waals surface area contributed by atoms with Crippen molar-refractivity contribution in [3.8, 4) is 0 Å². The number of benzene rings is 1. The molecule has 0 amide bonds. The number of hydrogen-bond donors (Lipinski definition) is 0.